The molecule has 0 radical (unpaired) electrons. The Morgan fingerprint density at radius 1 is 1.14 bits per heavy atom. The lowest BCUT2D eigenvalue weighted by Crippen LogP contribution is -2.55. The van der Waals surface area contributed by atoms with Crippen molar-refractivity contribution in [3.05, 3.63) is 60.3 Å². The molecule has 2 aliphatic heterocycles. The molecule has 0 amide bonds. The van der Waals surface area contributed by atoms with Crippen LogP contribution in [-0.4, -0.2) is 52.8 Å². The van der Waals surface area contributed by atoms with Gasteiger partial charge in [-0.3, -0.25) is 4.98 Å². The number of nitrogens with one attached hydrogen (secondary N) is 1. The Hall–Kier alpha value is -3.19. The monoisotopic (exact) mass is 381 g/mol. The van der Waals surface area contributed by atoms with Gasteiger partial charge in [-0.25, -0.2) is 9.59 Å². The lowest BCUT2D eigenvalue weighted by atomic mass is 9.91. The van der Waals surface area contributed by atoms with E-state index in [9.17, 15) is 9.59 Å². The molecule has 1 aromatic carbocycles. The third kappa shape index (κ3) is 4.75. The largest absolute Gasteiger partial charge is 0.478 e. The number of hydrogen-bond donors (Lipinski definition) is 3. The second kappa shape index (κ2) is 8.67. The second-order valence-electron chi connectivity index (χ2n) is 6.92. The van der Waals surface area contributed by atoms with Crippen molar-refractivity contribution in [1.82, 2.24) is 10.3 Å². The predicted molar refractivity (Wildman–Crippen MR) is 106 cm³/mol. The Labute approximate surface area is 163 Å². The van der Waals surface area contributed by atoms with Crippen molar-refractivity contribution in [2.75, 3.05) is 24.5 Å². The zero-order valence-electron chi connectivity index (χ0n) is 15.6. The van der Waals surface area contributed by atoms with Gasteiger partial charge in [0.1, 0.15) is 0 Å². The molecule has 3 N–H and O–H groups in total. The highest BCUT2D eigenvalue weighted by molar-refractivity contribution is 5.89. The molecule has 7 heteroatoms. The van der Waals surface area contributed by atoms with E-state index >= 15 is 0 Å². The number of carboxylic acids is 2. The van der Waals surface area contributed by atoms with Crippen molar-refractivity contribution in [2.24, 2.45) is 5.92 Å². The Morgan fingerprint density at radius 3 is 2.46 bits per heavy atom. The van der Waals surface area contributed by atoms with Gasteiger partial charge >= 0.3 is 11.9 Å². The van der Waals surface area contributed by atoms with Gasteiger partial charge in [0.05, 0.1) is 17.6 Å². The van der Waals surface area contributed by atoms with Crippen molar-refractivity contribution < 1.29 is 19.8 Å². The molecule has 2 aromatic rings. The highest BCUT2D eigenvalue weighted by Gasteiger charge is 2.42. The summed E-state index contributed by atoms with van der Waals surface area (Å²) in [6.07, 6.45) is 3.14. The SMILES string of the molecule is Cc1cccc(-c2ccc(N3CC4CNCC43)cn2)c1.O=C(O)C=CC(=O)O. The molecule has 0 bridgehead atoms. The summed E-state index contributed by atoms with van der Waals surface area (Å²) in [5.41, 5.74) is 4.78. The Balaban J connectivity index is 0.000000242. The van der Waals surface area contributed by atoms with E-state index in [1.165, 1.54) is 29.9 Å². The number of rotatable bonds is 4. The van der Waals surface area contributed by atoms with Crippen molar-refractivity contribution >= 4 is 17.6 Å². The minimum Gasteiger partial charge on any atom is -0.478 e. The Kier molecular flexibility index (Phi) is 6.06. The van der Waals surface area contributed by atoms with E-state index in [1.807, 2.05) is 6.20 Å². The molecule has 2 saturated heterocycles. The highest BCUT2D eigenvalue weighted by Crippen LogP contribution is 2.33. The van der Waals surface area contributed by atoms with Gasteiger partial charge in [0.15, 0.2) is 0 Å². The highest BCUT2D eigenvalue weighted by atomic mass is 16.4. The summed E-state index contributed by atoms with van der Waals surface area (Å²) in [6.45, 7) is 5.58. The molecule has 4 rings (SSSR count). The zero-order chi connectivity index (χ0) is 20.1. The standard InChI is InChI=1S/C17H19N3.C4H4O4/c1-12-3-2-4-13(7-12)16-6-5-15(9-19-16)20-11-14-8-18-10-17(14)20;5-3(6)1-2-4(7)8/h2-7,9,14,17-18H,8,10-11H2,1H3;1-2H,(H,5,6)(H,7,8). The molecule has 2 atom stereocenters. The molecule has 146 valence electrons. The molecular formula is C21H23N3O4. The van der Waals surface area contributed by atoms with Gasteiger partial charge in [-0.1, -0.05) is 23.8 Å². The van der Waals surface area contributed by atoms with Gasteiger partial charge in [-0.05, 0) is 25.1 Å². The number of aliphatic carboxylic acids is 2. The summed E-state index contributed by atoms with van der Waals surface area (Å²) in [4.78, 5) is 26.2. The van der Waals surface area contributed by atoms with Crippen LogP contribution in [-0.2, 0) is 9.59 Å². The maximum absolute atomic E-state index is 9.55. The third-order valence-electron chi connectivity index (χ3n) is 4.90. The quantitative estimate of drug-likeness (QED) is 0.698. The number of carbonyl (C=O) groups is 2. The maximum Gasteiger partial charge on any atom is 0.328 e. The number of anilines is 1. The van der Waals surface area contributed by atoms with Crippen molar-refractivity contribution in [3.63, 3.8) is 0 Å². The van der Waals surface area contributed by atoms with Gasteiger partial charge in [-0.2, -0.15) is 0 Å². The fourth-order valence-corrected chi connectivity index (χ4v) is 3.49. The number of benzene rings is 1. The van der Waals surface area contributed by atoms with Crippen LogP contribution in [0.2, 0.25) is 0 Å². The van der Waals surface area contributed by atoms with Crippen LogP contribution >= 0.6 is 0 Å². The first-order valence-corrected chi connectivity index (χ1v) is 9.08. The minimum atomic E-state index is -1.26. The summed E-state index contributed by atoms with van der Waals surface area (Å²) in [6, 6.07) is 13.5. The van der Waals surface area contributed by atoms with Gasteiger partial charge in [0, 0.05) is 49.3 Å². The normalized spacial score (nSPS) is 20.1. The summed E-state index contributed by atoms with van der Waals surface area (Å²) in [5.74, 6) is -1.67. The number of aromatic nitrogens is 1. The molecular weight excluding hydrogens is 358 g/mol. The molecule has 2 fully saturated rings. The van der Waals surface area contributed by atoms with Crippen LogP contribution in [0.25, 0.3) is 11.3 Å². The summed E-state index contributed by atoms with van der Waals surface area (Å²) in [5, 5.41) is 19.1. The molecule has 3 heterocycles. The molecule has 0 saturated carbocycles. The molecule has 2 unspecified atom stereocenters. The number of hydrogen-bond acceptors (Lipinski definition) is 5. The van der Waals surface area contributed by atoms with Gasteiger partial charge < -0.3 is 20.4 Å². The topological polar surface area (TPSA) is 103 Å². The molecule has 0 aliphatic carbocycles. The number of fused-ring (bicyclic) bond motifs is 1. The van der Waals surface area contributed by atoms with Crippen molar-refractivity contribution in [3.8, 4) is 11.3 Å². The van der Waals surface area contributed by atoms with E-state index in [2.05, 4.69) is 58.5 Å². The number of aryl methyl sites for hydroxylation is 1. The van der Waals surface area contributed by atoms with Crippen molar-refractivity contribution in [2.45, 2.75) is 13.0 Å². The average molecular weight is 381 g/mol. The van der Waals surface area contributed by atoms with Gasteiger partial charge in [0.25, 0.3) is 0 Å². The summed E-state index contributed by atoms with van der Waals surface area (Å²) < 4.78 is 0. The van der Waals surface area contributed by atoms with Crippen LogP contribution in [0.4, 0.5) is 5.69 Å². The maximum atomic E-state index is 9.55. The first kappa shape index (κ1) is 19.6. The average Bonchev–Trinajstić information content (AvgIpc) is 3.02. The number of pyridine rings is 1. The van der Waals surface area contributed by atoms with E-state index in [4.69, 9.17) is 10.2 Å². The lowest BCUT2D eigenvalue weighted by Gasteiger charge is -2.45. The lowest BCUT2D eigenvalue weighted by molar-refractivity contribution is -0.134. The molecule has 1 aromatic heterocycles. The second-order valence-corrected chi connectivity index (χ2v) is 6.92. The zero-order valence-corrected chi connectivity index (χ0v) is 15.6. The van der Waals surface area contributed by atoms with Crippen LogP contribution in [0.1, 0.15) is 5.56 Å². The molecule has 0 spiro atoms. The molecule has 2 aliphatic rings. The van der Waals surface area contributed by atoms with E-state index in [1.54, 1.807) is 0 Å². The predicted octanol–water partition coefficient (Wildman–Crippen LogP) is 2.18. The van der Waals surface area contributed by atoms with Crippen LogP contribution in [0.3, 0.4) is 0 Å². The van der Waals surface area contributed by atoms with Crippen LogP contribution in [0.5, 0.6) is 0 Å². The fraction of sp³-hybridized carbons (Fsp3) is 0.286. The van der Waals surface area contributed by atoms with Gasteiger partial charge in [0.2, 0.25) is 0 Å². The van der Waals surface area contributed by atoms with E-state index in [-0.39, 0.29) is 0 Å². The first-order chi connectivity index (χ1) is 13.4. The summed E-state index contributed by atoms with van der Waals surface area (Å²) in [7, 11) is 0. The Morgan fingerprint density at radius 2 is 1.89 bits per heavy atom. The van der Waals surface area contributed by atoms with Crippen LogP contribution < -0.4 is 10.2 Å². The Bertz CT molecular complexity index is 863. The first-order valence-electron chi connectivity index (χ1n) is 9.08. The smallest absolute Gasteiger partial charge is 0.328 e. The van der Waals surface area contributed by atoms with E-state index in [0.717, 1.165) is 18.2 Å². The van der Waals surface area contributed by atoms with E-state index in [0.29, 0.717) is 18.2 Å². The third-order valence-corrected chi connectivity index (χ3v) is 4.90. The number of carboxylic acid groups (broad SMARTS) is 2. The van der Waals surface area contributed by atoms with Gasteiger partial charge in [-0.15, -0.1) is 0 Å². The fourth-order valence-electron chi connectivity index (χ4n) is 3.49. The summed E-state index contributed by atoms with van der Waals surface area (Å²) >= 11 is 0. The van der Waals surface area contributed by atoms with Crippen LogP contribution in [0, 0.1) is 12.8 Å². The van der Waals surface area contributed by atoms with E-state index < -0.39 is 11.9 Å². The van der Waals surface area contributed by atoms with Crippen molar-refractivity contribution in [1.29, 1.82) is 0 Å². The minimum absolute atomic E-state index is 0.558. The molecule has 7 nitrogen and oxygen atoms in total. The van der Waals surface area contributed by atoms with Crippen LogP contribution in [0.15, 0.2) is 54.7 Å². The molecule has 28 heavy (non-hydrogen) atoms. The number of nitrogens with zero attached hydrogens (tertiary/aromatic N) is 2.